The highest BCUT2D eigenvalue weighted by molar-refractivity contribution is 7.80. The van der Waals surface area contributed by atoms with Crippen molar-refractivity contribution in [1.29, 1.82) is 0 Å². The van der Waals surface area contributed by atoms with Gasteiger partial charge in [0.05, 0.1) is 0 Å². The summed E-state index contributed by atoms with van der Waals surface area (Å²) in [7, 11) is 0. The zero-order chi connectivity index (χ0) is 11.1. The van der Waals surface area contributed by atoms with Crippen LogP contribution in [0.1, 0.15) is 12.8 Å². The van der Waals surface area contributed by atoms with E-state index in [9.17, 15) is 9.59 Å². The molecule has 14 heavy (non-hydrogen) atoms. The van der Waals surface area contributed by atoms with Gasteiger partial charge in [0.25, 0.3) is 0 Å². The average Bonchev–Trinajstić information content (AvgIpc) is 2.10. The van der Waals surface area contributed by atoms with Crippen LogP contribution in [-0.2, 0) is 9.59 Å². The van der Waals surface area contributed by atoms with E-state index in [1.165, 1.54) is 0 Å². The lowest BCUT2D eigenvalue weighted by atomic mass is 10.0. The Kier molecular flexibility index (Phi) is 6.48. The molecule has 0 atom stereocenters. The van der Waals surface area contributed by atoms with E-state index in [2.05, 4.69) is 25.3 Å². The van der Waals surface area contributed by atoms with Crippen LogP contribution in [-0.4, -0.2) is 33.7 Å². The molecule has 0 unspecified atom stereocenters. The fourth-order valence-corrected chi connectivity index (χ4v) is 1.44. The summed E-state index contributed by atoms with van der Waals surface area (Å²) in [4.78, 5) is 21.5. The van der Waals surface area contributed by atoms with Crippen molar-refractivity contribution in [3.05, 3.63) is 11.1 Å². The van der Waals surface area contributed by atoms with Crippen molar-refractivity contribution in [1.82, 2.24) is 0 Å². The van der Waals surface area contributed by atoms with Crippen molar-refractivity contribution >= 4 is 37.2 Å². The van der Waals surface area contributed by atoms with Crippen molar-refractivity contribution < 1.29 is 19.8 Å². The number of rotatable bonds is 6. The van der Waals surface area contributed by atoms with E-state index < -0.39 is 11.9 Å². The molecular formula is C8H12O4S2. The van der Waals surface area contributed by atoms with Crippen LogP contribution in [0, 0.1) is 0 Å². The third-order valence-corrected chi connectivity index (χ3v) is 2.05. The molecule has 4 nitrogen and oxygen atoms in total. The summed E-state index contributed by atoms with van der Waals surface area (Å²) in [5.74, 6) is -1.77. The van der Waals surface area contributed by atoms with Crippen LogP contribution in [0.25, 0.3) is 0 Å². The van der Waals surface area contributed by atoms with E-state index in [0.29, 0.717) is 11.5 Å². The molecule has 0 aromatic rings. The number of hydrogen-bond donors (Lipinski definition) is 4. The average molecular weight is 236 g/mol. The van der Waals surface area contributed by atoms with Crippen LogP contribution in [0.2, 0.25) is 0 Å². The first-order valence-corrected chi connectivity index (χ1v) is 5.21. The van der Waals surface area contributed by atoms with Gasteiger partial charge < -0.3 is 10.2 Å². The molecule has 80 valence electrons. The molecule has 0 bridgehead atoms. The second-order valence-electron chi connectivity index (χ2n) is 2.51. The highest BCUT2D eigenvalue weighted by Crippen LogP contribution is 2.15. The van der Waals surface area contributed by atoms with Crippen LogP contribution < -0.4 is 0 Å². The number of carboxylic acid groups (broad SMARTS) is 2. The third-order valence-electron chi connectivity index (χ3n) is 1.60. The molecule has 0 amide bonds. The smallest absolute Gasteiger partial charge is 0.332 e. The molecule has 0 rings (SSSR count). The van der Waals surface area contributed by atoms with Gasteiger partial charge in [0.1, 0.15) is 0 Å². The maximum Gasteiger partial charge on any atom is 0.332 e. The van der Waals surface area contributed by atoms with Crippen molar-refractivity contribution in [2.24, 2.45) is 0 Å². The molecule has 0 heterocycles. The fraction of sp³-hybridized carbons (Fsp3) is 0.500. The SMILES string of the molecule is O=C(O)/C(CCS)=C(/CCS)C(=O)O. The summed E-state index contributed by atoms with van der Waals surface area (Å²) in [6.07, 6.45) is 0.293. The molecule has 0 aromatic carbocycles. The van der Waals surface area contributed by atoms with Gasteiger partial charge in [0.2, 0.25) is 0 Å². The fourth-order valence-electron chi connectivity index (χ4n) is 0.997. The topological polar surface area (TPSA) is 74.6 Å². The highest BCUT2D eigenvalue weighted by atomic mass is 32.1. The number of carboxylic acids is 2. The number of thiol groups is 2. The molecule has 0 fully saturated rings. The molecule has 0 aliphatic heterocycles. The van der Waals surface area contributed by atoms with E-state index >= 15 is 0 Å². The maximum absolute atomic E-state index is 10.7. The first-order valence-electron chi connectivity index (χ1n) is 3.95. The molecule has 0 aliphatic rings. The van der Waals surface area contributed by atoms with Crippen LogP contribution in [0.4, 0.5) is 0 Å². The van der Waals surface area contributed by atoms with E-state index in [1.807, 2.05) is 0 Å². The van der Waals surface area contributed by atoms with E-state index in [1.54, 1.807) is 0 Å². The molecule has 0 radical (unpaired) electrons. The minimum atomic E-state index is -1.20. The van der Waals surface area contributed by atoms with Gasteiger partial charge in [-0.3, -0.25) is 0 Å². The summed E-state index contributed by atoms with van der Waals surface area (Å²) in [5.41, 5.74) is -0.164. The van der Waals surface area contributed by atoms with Gasteiger partial charge in [-0.15, -0.1) is 0 Å². The lowest BCUT2D eigenvalue weighted by Gasteiger charge is -2.06. The standard InChI is InChI=1S/C8H12O4S2/c9-7(10)5(1-3-13)6(2-4-14)8(11)12/h13-14H,1-4H2,(H,9,10)(H,11,12)/b6-5-. The molecular weight excluding hydrogens is 224 g/mol. The van der Waals surface area contributed by atoms with E-state index in [0.717, 1.165) is 0 Å². The Hall–Kier alpha value is -0.620. The molecule has 0 aliphatic carbocycles. The van der Waals surface area contributed by atoms with Crippen molar-refractivity contribution in [3.63, 3.8) is 0 Å². The highest BCUT2D eigenvalue weighted by Gasteiger charge is 2.18. The lowest BCUT2D eigenvalue weighted by molar-refractivity contribution is -0.136. The molecule has 2 N–H and O–H groups in total. The lowest BCUT2D eigenvalue weighted by Crippen LogP contribution is -2.12. The zero-order valence-electron chi connectivity index (χ0n) is 7.43. The quantitative estimate of drug-likeness (QED) is 0.411. The van der Waals surface area contributed by atoms with Gasteiger partial charge in [-0.05, 0) is 24.3 Å². The van der Waals surface area contributed by atoms with E-state index in [-0.39, 0.29) is 24.0 Å². The summed E-state index contributed by atoms with van der Waals surface area (Å²) in [5, 5.41) is 17.5. The molecule has 0 aromatic heterocycles. The van der Waals surface area contributed by atoms with Crippen LogP contribution >= 0.6 is 25.3 Å². The Bertz CT molecular complexity index is 234. The second-order valence-corrected chi connectivity index (χ2v) is 3.41. The normalized spacial score (nSPS) is 12.1. The van der Waals surface area contributed by atoms with Gasteiger partial charge in [-0.25, -0.2) is 9.59 Å². The van der Waals surface area contributed by atoms with Gasteiger partial charge in [-0.2, -0.15) is 25.3 Å². The number of carbonyl (C=O) groups is 2. The summed E-state index contributed by atoms with van der Waals surface area (Å²) < 4.78 is 0. The Morgan fingerprint density at radius 1 is 0.857 bits per heavy atom. The van der Waals surface area contributed by atoms with Crippen molar-refractivity contribution in [3.8, 4) is 0 Å². The Morgan fingerprint density at radius 3 is 1.29 bits per heavy atom. The van der Waals surface area contributed by atoms with Gasteiger partial charge >= 0.3 is 11.9 Å². The largest absolute Gasteiger partial charge is 0.478 e. The number of hydrogen-bond acceptors (Lipinski definition) is 4. The first-order chi connectivity index (χ1) is 6.54. The molecule has 0 saturated heterocycles. The maximum atomic E-state index is 10.7. The van der Waals surface area contributed by atoms with Gasteiger partial charge in [-0.1, -0.05) is 0 Å². The molecule has 0 saturated carbocycles. The predicted molar refractivity (Wildman–Crippen MR) is 59.2 cm³/mol. The molecule has 0 spiro atoms. The minimum Gasteiger partial charge on any atom is -0.478 e. The van der Waals surface area contributed by atoms with Crippen LogP contribution in [0.5, 0.6) is 0 Å². The first kappa shape index (κ1) is 13.4. The minimum absolute atomic E-state index is 0.0819. The number of aliphatic carboxylic acids is 2. The summed E-state index contributed by atoms with van der Waals surface area (Å²) in [6.45, 7) is 0. The third kappa shape index (κ3) is 4.06. The Balaban J connectivity index is 5.03. The molecule has 6 heteroatoms. The van der Waals surface area contributed by atoms with Crippen LogP contribution in [0.15, 0.2) is 11.1 Å². The van der Waals surface area contributed by atoms with Gasteiger partial charge in [0.15, 0.2) is 0 Å². The van der Waals surface area contributed by atoms with Crippen molar-refractivity contribution in [2.75, 3.05) is 11.5 Å². The Morgan fingerprint density at radius 2 is 1.14 bits per heavy atom. The van der Waals surface area contributed by atoms with Crippen LogP contribution in [0.3, 0.4) is 0 Å². The summed E-state index contributed by atoms with van der Waals surface area (Å²) >= 11 is 7.75. The monoisotopic (exact) mass is 236 g/mol. The Labute approximate surface area is 92.8 Å². The summed E-state index contributed by atoms with van der Waals surface area (Å²) in [6, 6.07) is 0. The zero-order valence-corrected chi connectivity index (χ0v) is 9.22. The van der Waals surface area contributed by atoms with E-state index in [4.69, 9.17) is 10.2 Å². The van der Waals surface area contributed by atoms with Gasteiger partial charge in [0, 0.05) is 11.1 Å². The second kappa shape index (κ2) is 6.78. The predicted octanol–water partition coefficient (Wildman–Crippen LogP) is 1.09. The van der Waals surface area contributed by atoms with Crippen molar-refractivity contribution in [2.45, 2.75) is 12.8 Å².